The smallest absolute Gasteiger partial charge is 0.175 e. The van der Waals surface area contributed by atoms with Gasteiger partial charge in [-0.15, -0.1) is 11.3 Å². The molecule has 3 atom stereocenters. The predicted molar refractivity (Wildman–Crippen MR) is 81.8 cm³/mol. The first-order valence-electron chi connectivity index (χ1n) is 7.28. The number of fused-ring (bicyclic) bond motifs is 1. The van der Waals surface area contributed by atoms with Crippen LogP contribution in [0, 0.1) is 23.6 Å². The van der Waals surface area contributed by atoms with E-state index in [-0.39, 0.29) is 17.5 Å². The molecule has 1 aromatic heterocycles. The highest BCUT2D eigenvalue weighted by Crippen LogP contribution is 2.37. The van der Waals surface area contributed by atoms with Crippen molar-refractivity contribution < 1.29 is 9.18 Å². The largest absolute Gasteiger partial charge is 0.293 e. The van der Waals surface area contributed by atoms with Crippen LogP contribution < -0.4 is 0 Å². The number of halogens is 1. The van der Waals surface area contributed by atoms with Crippen LogP contribution in [-0.2, 0) is 0 Å². The molecule has 1 aliphatic carbocycles. The summed E-state index contributed by atoms with van der Waals surface area (Å²) in [6, 6.07) is 6.58. The van der Waals surface area contributed by atoms with Gasteiger partial charge in [0.05, 0.1) is 4.88 Å². The van der Waals surface area contributed by atoms with Crippen LogP contribution in [0.1, 0.15) is 42.8 Å². The summed E-state index contributed by atoms with van der Waals surface area (Å²) in [4.78, 5) is 13.4. The normalized spacial score (nSPS) is 26.9. The zero-order valence-corrected chi connectivity index (χ0v) is 12.7. The first-order chi connectivity index (χ1) is 9.54. The van der Waals surface area contributed by atoms with Gasteiger partial charge in [0, 0.05) is 10.6 Å². The molecule has 0 spiro atoms. The number of Topliss-reactive ketones (excluding diaryl/α,β-unsaturated/α-hetero) is 1. The number of rotatable bonds is 2. The molecule has 3 rings (SSSR count). The molecule has 3 unspecified atom stereocenters. The van der Waals surface area contributed by atoms with Crippen LogP contribution in [0.3, 0.4) is 0 Å². The highest BCUT2D eigenvalue weighted by Gasteiger charge is 2.30. The molecule has 1 fully saturated rings. The molecule has 106 valence electrons. The van der Waals surface area contributed by atoms with Gasteiger partial charge in [0.1, 0.15) is 5.82 Å². The number of carbonyl (C=O) groups excluding carboxylic acids is 1. The number of hydrogen-bond acceptors (Lipinski definition) is 2. The molecular weight excluding hydrogens is 271 g/mol. The van der Waals surface area contributed by atoms with Crippen molar-refractivity contribution in [3.63, 3.8) is 0 Å². The summed E-state index contributed by atoms with van der Waals surface area (Å²) in [6.07, 6.45) is 3.12. The summed E-state index contributed by atoms with van der Waals surface area (Å²) in [5, 5.41) is 0.843. The maximum Gasteiger partial charge on any atom is 0.175 e. The lowest BCUT2D eigenvalue weighted by Crippen LogP contribution is -2.26. The van der Waals surface area contributed by atoms with Crippen molar-refractivity contribution >= 4 is 27.2 Å². The zero-order valence-electron chi connectivity index (χ0n) is 11.9. The second kappa shape index (κ2) is 5.28. The maximum absolute atomic E-state index is 13.2. The molecule has 0 bridgehead atoms. The first-order valence-corrected chi connectivity index (χ1v) is 8.09. The Morgan fingerprint density at radius 2 is 2.00 bits per heavy atom. The topological polar surface area (TPSA) is 17.1 Å². The average molecular weight is 290 g/mol. The number of benzene rings is 1. The fraction of sp³-hybridized carbons (Fsp3) is 0.471. The fourth-order valence-electron chi connectivity index (χ4n) is 3.12. The molecule has 3 heteroatoms. The Hall–Kier alpha value is -1.22. The summed E-state index contributed by atoms with van der Waals surface area (Å²) >= 11 is 1.49. The van der Waals surface area contributed by atoms with Gasteiger partial charge in [-0.25, -0.2) is 4.39 Å². The zero-order chi connectivity index (χ0) is 14.3. The van der Waals surface area contributed by atoms with Crippen LogP contribution >= 0.6 is 11.3 Å². The lowest BCUT2D eigenvalue weighted by atomic mass is 9.74. The standard InChI is InChI=1S/C17H19FOS/c1-10-3-4-12(7-11(10)2)17(19)16-9-13-8-14(18)5-6-15(13)20-16/h5-6,8-12H,3-4,7H2,1-2H3. The minimum absolute atomic E-state index is 0.152. The lowest BCUT2D eigenvalue weighted by Gasteiger charge is -2.30. The van der Waals surface area contributed by atoms with Gasteiger partial charge < -0.3 is 0 Å². The highest BCUT2D eigenvalue weighted by atomic mass is 32.1. The molecule has 0 N–H and O–H groups in total. The van der Waals surface area contributed by atoms with E-state index in [2.05, 4.69) is 13.8 Å². The van der Waals surface area contributed by atoms with Crippen LogP contribution in [-0.4, -0.2) is 5.78 Å². The summed E-state index contributed by atoms with van der Waals surface area (Å²) < 4.78 is 14.2. The summed E-state index contributed by atoms with van der Waals surface area (Å²) in [5.74, 6) is 1.50. The minimum atomic E-state index is -0.241. The number of thiophene rings is 1. The van der Waals surface area contributed by atoms with E-state index in [1.165, 1.54) is 23.5 Å². The molecule has 0 aliphatic heterocycles. The molecule has 1 nitrogen and oxygen atoms in total. The molecule has 1 aromatic carbocycles. The van der Waals surface area contributed by atoms with Gasteiger partial charge >= 0.3 is 0 Å². The van der Waals surface area contributed by atoms with E-state index in [0.717, 1.165) is 40.1 Å². The van der Waals surface area contributed by atoms with Gasteiger partial charge in [-0.3, -0.25) is 4.79 Å². The van der Waals surface area contributed by atoms with Crippen LogP contribution in [0.15, 0.2) is 24.3 Å². The van der Waals surface area contributed by atoms with E-state index < -0.39 is 0 Å². The van der Waals surface area contributed by atoms with Crippen molar-refractivity contribution in [2.24, 2.45) is 17.8 Å². The Morgan fingerprint density at radius 1 is 1.20 bits per heavy atom. The third-order valence-electron chi connectivity index (χ3n) is 4.69. The van der Waals surface area contributed by atoms with E-state index in [9.17, 15) is 9.18 Å². The van der Waals surface area contributed by atoms with Crippen LogP contribution in [0.2, 0.25) is 0 Å². The van der Waals surface area contributed by atoms with Crippen molar-refractivity contribution in [3.05, 3.63) is 35.0 Å². The molecule has 1 saturated carbocycles. The Morgan fingerprint density at radius 3 is 2.75 bits per heavy atom. The number of hydrogen-bond donors (Lipinski definition) is 0. The highest BCUT2D eigenvalue weighted by molar-refractivity contribution is 7.20. The van der Waals surface area contributed by atoms with E-state index >= 15 is 0 Å². The van der Waals surface area contributed by atoms with E-state index in [0.29, 0.717) is 5.92 Å². The molecular formula is C17H19FOS. The maximum atomic E-state index is 13.2. The van der Waals surface area contributed by atoms with E-state index in [4.69, 9.17) is 0 Å². The van der Waals surface area contributed by atoms with Crippen LogP contribution in [0.25, 0.3) is 10.1 Å². The lowest BCUT2D eigenvalue weighted by molar-refractivity contribution is 0.0842. The average Bonchev–Trinajstić information content (AvgIpc) is 2.84. The van der Waals surface area contributed by atoms with Gasteiger partial charge in [-0.05, 0) is 60.7 Å². The van der Waals surface area contributed by atoms with Crippen molar-refractivity contribution in [1.29, 1.82) is 0 Å². The monoisotopic (exact) mass is 290 g/mol. The predicted octanol–water partition coefficient (Wildman–Crippen LogP) is 5.30. The molecule has 0 radical (unpaired) electrons. The van der Waals surface area contributed by atoms with E-state index in [1.54, 1.807) is 6.07 Å². The minimum Gasteiger partial charge on any atom is -0.293 e. The van der Waals surface area contributed by atoms with Crippen molar-refractivity contribution in [2.45, 2.75) is 33.1 Å². The molecule has 2 aromatic rings. The number of ketones is 1. The molecule has 20 heavy (non-hydrogen) atoms. The first kappa shape index (κ1) is 13.7. The SMILES string of the molecule is CC1CCC(C(=O)c2cc3cc(F)ccc3s2)CC1C. The van der Waals surface area contributed by atoms with Gasteiger partial charge in [-0.2, -0.15) is 0 Å². The third-order valence-corrected chi connectivity index (χ3v) is 5.82. The van der Waals surface area contributed by atoms with Crippen LogP contribution in [0.4, 0.5) is 4.39 Å². The molecule has 1 aliphatic rings. The third kappa shape index (κ3) is 2.51. The van der Waals surface area contributed by atoms with Gasteiger partial charge in [-0.1, -0.05) is 13.8 Å². The summed E-state index contributed by atoms with van der Waals surface area (Å²) in [7, 11) is 0. The Labute approximate surface area is 122 Å². The summed E-state index contributed by atoms with van der Waals surface area (Å²) in [5.41, 5.74) is 0. The Bertz CT molecular complexity index is 645. The summed E-state index contributed by atoms with van der Waals surface area (Å²) in [6.45, 7) is 4.51. The second-order valence-corrected chi connectivity index (χ2v) is 7.21. The fourth-order valence-corrected chi connectivity index (χ4v) is 4.18. The van der Waals surface area contributed by atoms with Crippen molar-refractivity contribution in [3.8, 4) is 0 Å². The van der Waals surface area contributed by atoms with Gasteiger partial charge in [0.25, 0.3) is 0 Å². The van der Waals surface area contributed by atoms with Crippen LogP contribution in [0.5, 0.6) is 0 Å². The Kier molecular flexibility index (Phi) is 3.63. The number of carbonyl (C=O) groups is 1. The van der Waals surface area contributed by atoms with Gasteiger partial charge in [0.2, 0.25) is 0 Å². The molecule has 0 saturated heterocycles. The van der Waals surface area contributed by atoms with Crippen molar-refractivity contribution in [2.75, 3.05) is 0 Å². The van der Waals surface area contributed by atoms with Gasteiger partial charge in [0.15, 0.2) is 5.78 Å². The second-order valence-electron chi connectivity index (χ2n) is 6.12. The van der Waals surface area contributed by atoms with E-state index in [1.807, 2.05) is 6.07 Å². The van der Waals surface area contributed by atoms with Crippen molar-refractivity contribution in [1.82, 2.24) is 0 Å². The molecule has 0 amide bonds. The quantitative estimate of drug-likeness (QED) is 0.686. The molecule has 1 heterocycles. The Balaban J connectivity index is 1.85.